The molecule has 0 bridgehead atoms. The first-order valence-corrected chi connectivity index (χ1v) is 6.88. The molecule has 1 heterocycles. The molecular formula is C19H18O. The lowest BCUT2D eigenvalue weighted by molar-refractivity contribution is 0.363. The maximum absolute atomic E-state index is 5.91. The minimum atomic E-state index is -0.130. The molecule has 0 radical (unpaired) electrons. The molecule has 20 heavy (non-hydrogen) atoms. The van der Waals surface area contributed by atoms with Crippen LogP contribution < -0.4 is 0 Å². The average Bonchev–Trinajstić information content (AvgIpc) is 2.48. The van der Waals surface area contributed by atoms with Crippen LogP contribution in [0.25, 0.3) is 5.76 Å². The van der Waals surface area contributed by atoms with Crippen molar-refractivity contribution in [3.05, 3.63) is 89.7 Å². The molecule has 1 aliphatic rings. The van der Waals surface area contributed by atoms with Crippen LogP contribution >= 0.6 is 0 Å². The number of ether oxygens (including phenoxy) is 1. The second-order valence-electron chi connectivity index (χ2n) is 5.38. The SMILES string of the molecule is CC1=CC(C)(c2ccccc2)C=C(c2ccccc2)O1. The van der Waals surface area contributed by atoms with Crippen molar-refractivity contribution < 1.29 is 4.74 Å². The van der Waals surface area contributed by atoms with E-state index in [1.807, 2.05) is 31.2 Å². The summed E-state index contributed by atoms with van der Waals surface area (Å²) in [6, 6.07) is 20.8. The Bertz CT molecular complexity index is 653. The molecular weight excluding hydrogens is 244 g/mol. The van der Waals surface area contributed by atoms with E-state index in [-0.39, 0.29) is 5.41 Å². The zero-order valence-corrected chi connectivity index (χ0v) is 11.8. The van der Waals surface area contributed by atoms with Crippen LogP contribution in [-0.4, -0.2) is 0 Å². The second-order valence-corrected chi connectivity index (χ2v) is 5.38. The molecule has 1 unspecified atom stereocenters. The Hall–Kier alpha value is -2.28. The molecule has 0 aromatic heterocycles. The van der Waals surface area contributed by atoms with Gasteiger partial charge in [0.1, 0.15) is 5.76 Å². The van der Waals surface area contributed by atoms with Gasteiger partial charge < -0.3 is 4.74 Å². The largest absolute Gasteiger partial charge is 0.462 e. The molecule has 2 aromatic carbocycles. The van der Waals surface area contributed by atoms with Crippen LogP contribution in [0.2, 0.25) is 0 Å². The van der Waals surface area contributed by atoms with Gasteiger partial charge in [0.15, 0.2) is 0 Å². The highest BCUT2D eigenvalue weighted by Crippen LogP contribution is 2.37. The van der Waals surface area contributed by atoms with Crippen molar-refractivity contribution in [3.8, 4) is 0 Å². The molecule has 1 nitrogen and oxygen atoms in total. The summed E-state index contributed by atoms with van der Waals surface area (Å²) in [6.45, 7) is 4.23. The lowest BCUT2D eigenvalue weighted by Crippen LogP contribution is -2.20. The smallest absolute Gasteiger partial charge is 0.131 e. The van der Waals surface area contributed by atoms with Crippen molar-refractivity contribution >= 4 is 5.76 Å². The average molecular weight is 262 g/mol. The highest BCUT2D eigenvalue weighted by Gasteiger charge is 2.27. The Morgan fingerprint density at radius 1 is 0.800 bits per heavy atom. The van der Waals surface area contributed by atoms with Crippen LogP contribution in [0.3, 0.4) is 0 Å². The molecule has 2 aromatic rings. The van der Waals surface area contributed by atoms with Gasteiger partial charge in [0.05, 0.1) is 5.76 Å². The number of hydrogen-bond acceptors (Lipinski definition) is 1. The summed E-state index contributed by atoms with van der Waals surface area (Å²) in [6.07, 6.45) is 4.37. The van der Waals surface area contributed by atoms with Crippen LogP contribution in [0.5, 0.6) is 0 Å². The summed E-state index contributed by atoms with van der Waals surface area (Å²) in [5.74, 6) is 1.87. The molecule has 100 valence electrons. The number of benzene rings is 2. The first kappa shape index (κ1) is 12.7. The molecule has 3 rings (SSSR count). The Labute approximate surface area is 120 Å². The van der Waals surface area contributed by atoms with E-state index in [9.17, 15) is 0 Å². The Kier molecular flexibility index (Phi) is 3.19. The van der Waals surface area contributed by atoms with Crippen molar-refractivity contribution in [2.45, 2.75) is 19.3 Å². The van der Waals surface area contributed by atoms with Gasteiger partial charge >= 0.3 is 0 Å². The van der Waals surface area contributed by atoms with E-state index in [1.54, 1.807) is 0 Å². The van der Waals surface area contributed by atoms with Gasteiger partial charge in [-0.3, -0.25) is 0 Å². The van der Waals surface area contributed by atoms with E-state index in [1.165, 1.54) is 5.56 Å². The van der Waals surface area contributed by atoms with E-state index >= 15 is 0 Å². The summed E-state index contributed by atoms with van der Waals surface area (Å²) in [7, 11) is 0. The van der Waals surface area contributed by atoms with Gasteiger partial charge in [-0.15, -0.1) is 0 Å². The van der Waals surface area contributed by atoms with E-state index < -0.39 is 0 Å². The van der Waals surface area contributed by atoms with Crippen molar-refractivity contribution in [1.29, 1.82) is 0 Å². The van der Waals surface area contributed by atoms with E-state index in [0.29, 0.717) is 0 Å². The minimum absolute atomic E-state index is 0.130. The summed E-state index contributed by atoms with van der Waals surface area (Å²) < 4.78 is 5.91. The summed E-state index contributed by atoms with van der Waals surface area (Å²) >= 11 is 0. The fourth-order valence-corrected chi connectivity index (χ4v) is 2.68. The summed E-state index contributed by atoms with van der Waals surface area (Å²) in [5, 5.41) is 0. The van der Waals surface area contributed by atoms with Gasteiger partial charge in [-0.25, -0.2) is 0 Å². The molecule has 0 aliphatic carbocycles. The first-order valence-electron chi connectivity index (χ1n) is 6.88. The second kappa shape index (κ2) is 5.01. The van der Waals surface area contributed by atoms with Crippen molar-refractivity contribution in [1.82, 2.24) is 0 Å². The van der Waals surface area contributed by atoms with Gasteiger partial charge in [0.25, 0.3) is 0 Å². The number of rotatable bonds is 2. The topological polar surface area (TPSA) is 9.23 Å². The van der Waals surface area contributed by atoms with Gasteiger partial charge in [-0.05, 0) is 31.6 Å². The third-order valence-corrected chi connectivity index (χ3v) is 3.66. The van der Waals surface area contributed by atoms with Crippen LogP contribution in [0.15, 0.2) is 78.6 Å². The quantitative estimate of drug-likeness (QED) is 0.746. The third-order valence-electron chi connectivity index (χ3n) is 3.66. The van der Waals surface area contributed by atoms with Crippen molar-refractivity contribution in [2.75, 3.05) is 0 Å². The maximum atomic E-state index is 5.91. The molecule has 0 amide bonds. The zero-order chi connectivity index (χ0) is 14.0. The predicted octanol–water partition coefficient (Wildman–Crippen LogP) is 4.92. The number of hydrogen-bond donors (Lipinski definition) is 0. The highest BCUT2D eigenvalue weighted by atomic mass is 16.5. The molecule has 0 spiro atoms. The van der Waals surface area contributed by atoms with Crippen LogP contribution in [0.4, 0.5) is 0 Å². The lowest BCUT2D eigenvalue weighted by Gasteiger charge is -2.29. The van der Waals surface area contributed by atoms with Crippen molar-refractivity contribution in [3.63, 3.8) is 0 Å². The lowest BCUT2D eigenvalue weighted by atomic mass is 9.80. The Balaban J connectivity index is 2.07. The van der Waals surface area contributed by atoms with Crippen molar-refractivity contribution in [2.24, 2.45) is 0 Å². The fraction of sp³-hybridized carbons (Fsp3) is 0.158. The zero-order valence-electron chi connectivity index (χ0n) is 11.8. The Morgan fingerprint density at radius 3 is 2.05 bits per heavy atom. The van der Waals surface area contributed by atoms with E-state index in [0.717, 1.165) is 17.1 Å². The van der Waals surface area contributed by atoms with Crippen LogP contribution in [0, 0.1) is 0 Å². The highest BCUT2D eigenvalue weighted by molar-refractivity contribution is 5.65. The molecule has 0 saturated heterocycles. The Morgan fingerprint density at radius 2 is 1.40 bits per heavy atom. The molecule has 0 N–H and O–H groups in total. The van der Waals surface area contributed by atoms with Crippen LogP contribution in [0.1, 0.15) is 25.0 Å². The molecule has 1 atom stereocenters. The fourth-order valence-electron chi connectivity index (χ4n) is 2.68. The predicted molar refractivity (Wildman–Crippen MR) is 83.1 cm³/mol. The van der Waals surface area contributed by atoms with E-state index in [4.69, 9.17) is 4.74 Å². The summed E-state index contributed by atoms with van der Waals surface area (Å²) in [4.78, 5) is 0. The van der Waals surface area contributed by atoms with Gasteiger partial charge in [0, 0.05) is 11.0 Å². The monoisotopic (exact) mass is 262 g/mol. The maximum Gasteiger partial charge on any atom is 0.131 e. The van der Waals surface area contributed by atoms with Gasteiger partial charge in [-0.1, -0.05) is 60.7 Å². The molecule has 0 fully saturated rings. The first-order chi connectivity index (χ1) is 9.67. The van der Waals surface area contributed by atoms with Crippen LogP contribution in [-0.2, 0) is 10.2 Å². The standard InChI is InChI=1S/C19H18O/c1-15-13-19(2,17-11-7-4-8-12-17)14-18(20-15)16-9-5-3-6-10-16/h3-14H,1-2H3. The molecule has 1 heteroatoms. The molecule has 0 saturated carbocycles. The number of allylic oxidation sites excluding steroid dienone is 3. The minimum Gasteiger partial charge on any atom is -0.462 e. The summed E-state index contributed by atoms with van der Waals surface area (Å²) in [5.41, 5.74) is 2.26. The van der Waals surface area contributed by atoms with E-state index in [2.05, 4.69) is 55.5 Å². The normalized spacial score (nSPS) is 21.7. The molecule has 1 aliphatic heterocycles. The van der Waals surface area contributed by atoms with Gasteiger partial charge in [-0.2, -0.15) is 0 Å². The third kappa shape index (κ3) is 2.39. The van der Waals surface area contributed by atoms with Gasteiger partial charge in [0.2, 0.25) is 0 Å².